The van der Waals surface area contributed by atoms with E-state index >= 15 is 0 Å². The number of benzene rings is 2. The van der Waals surface area contributed by atoms with Crippen LogP contribution >= 0.6 is 24.0 Å². The summed E-state index contributed by atoms with van der Waals surface area (Å²) in [6, 6.07) is 15.5. The lowest BCUT2D eigenvalue weighted by Gasteiger charge is -2.12. The molecule has 0 atom stereocenters. The Morgan fingerprint density at radius 2 is 1.39 bits per heavy atom. The summed E-state index contributed by atoms with van der Waals surface area (Å²) < 4.78 is 9.87. The van der Waals surface area contributed by atoms with Gasteiger partial charge in [0, 0.05) is 20.1 Å². The lowest BCUT2D eigenvalue weighted by molar-refractivity contribution is 0.0600. The van der Waals surface area contributed by atoms with Crippen LogP contribution in [0.2, 0.25) is 0 Å². The summed E-state index contributed by atoms with van der Waals surface area (Å²) in [5.74, 6) is 1.32. The molecule has 0 bridgehead atoms. The number of ether oxygens (including phenoxy) is 2. The fraction of sp³-hybridized carbons (Fsp3) is 0.333. The Hall–Kier alpha value is -2.29. The molecule has 0 amide bonds. The van der Waals surface area contributed by atoms with Crippen molar-refractivity contribution < 1.29 is 14.3 Å². The third-order valence-corrected chi connectivity index (χ3v) is 4.17. The van der Waals surface area contributed by atoms with Gasteiger partial charge in [-0.25, -0.2) is 4.79 Å². The van der Waals surface area contributed by atoms with Crippen LogP contribution in [0.4, 0.5) is 0 Å². The van der Waals surface area contributed by atoms with E-state index < -0.39 is 0 Å². The summed E-state index contributed by atoms with van der Waals surface area (Å²) in [5.41, 5.74) is 2.94. The third kappa shape index (κ3) is 7.75. The zero-order chi connectivity index (χ0) is 19.5. The van der Waals surface area contributed by atoms with Crippen molar-refractivity contribution in [2.75, 3.05) is 34.4 Å². The second-order valence-electron chi connectivity index (χ2n) is 5.96. The van der Waals surface area contributed by atoms with Crippen LogP contribution in [0.25, 0.3) is 0 Å². The topological polar surface area (TPSA) is 72.0 Å². The zero-order valence-corrected chi connectivity index (χ0v) is 18.9. The van der Waals surface area contributed by atoms with Crippen molar-refractivity contribution in [3.8, 4) is 5.75 Å². The molecule has 2 aromatic rings. The van der Waals surface area contributed by atoms with E-state index in [-0.39, 0.29) is 29.9 Å². The highest BCUT2D eigenvalue weighted by molar-refractivity contribution is 14.0. The van der Waals surface area contributed by atoms with Gasteiger partial charge in [0.05, 0.1) is 19.8 Å². The van der Waals surface area contributed by atoms with Crippen LogP contribution in [-0.4, -0.2) is 46.3 Å². The first-order valence-electron chi connectivity index (χ1n) is 8.91. The van der Waals surface area contributed by atoms with Crippen LogP contribution in [-0.2, 0) is 17.6 Å². The third-order valence-electron chi connectivity index (χ3n) is 4.17. The number of methoxy groups -OCH3 is 2. The minimum atomic E-state index is -0.318. The molecule has 6 nitrogen and oxygen atoms in total. The van der Waals surface area contributed by atoms with E-state index in [2.05, 4.69) is 27.8 Å². The van der Waals surface area contributed by atoms with Crippen LogP contribution in [0.1, 0.15) is 21.5 Å². The largest absolute Gasteiger partial charge is 0.497 e. The molecule has 0 fully saturated rings. The molecule has 28 heavy (non-hydrogen) atoms. The van der Waals surface area contributed by atoms with Crippen molar-refractivity contribution in [1.82, 2.24) is 10.6 Å². The molecule has 0 aliphatic carbocycles. The van der Waals surface area contributed by atoms with E-state index in [1.165, 1.54) is 12.7 Å². The summed E-state index contributed by atoms with van der Waals surface area (Å²) in [7, 11) is 4.81. The van der Waals surface area contributed by atoms with Gasteiger partial charge in [-0.3, -0.25) is 4.99 Å². The summed E-state index contributed by atoms with van der Waals surface area (Å²) in [6.45, 7) is 1.54. The van der Waals surface area contributed by atoms with Gasteiger partial charge >= 0.3 is 5.97 Å². The highest BCUT2D eigenvalue weighted by Gasteiger charge is 2.04. The van der Waals surface area contributed by atoms with Gasteiger partial charge < -0.3 is 20.1 Å². The standard InChI is InChI=1S/C21H27N3O3.HI/c1-22-21(24-15-13-17-6-10-19(26-2)11-7-17)23-14-12-16-4-8-18(9-5-16)20(25)27-3;/h4-11H,12-15H2,1-3H3,(H2,22,23,24);1H. The molecular weight excluding hydrogens is 469 g/mol. The van der Waals surface area contributed by atoms with E-state index in [1.807, 2.05) is 24.3 Å². The van der Waals surface area contributed by atoms with Crippen LogP contribution < -0.4 is 15.4 Å². The molecule has 0 spiro atoms. The number of guanidine groups is 1. The lowest BCUT2D eigenvalue weighted by Crippen LogP contribution is -2.39. The molecule has 0 aromatic heterocycles. The Balaban J connectivity index is 0.00000392. The van der Waals surface area contributed by atoms with E-state index in [4.69, 9.17) is 9.47 Å². The number of nitrogens with zero attached hydrogens (tertiary/aromatic N) is 1. The molecule has 0 saturated carbocycles. The van der Waals surface area contributed by atoms with Gasteiger partial charge in [-0.1, -0.05) is 24.3 Å². The number of esters is 1. The summed E-state index contributed by atoms with van der Waals surface area (Å²) >= 11 is 0. The smallest absolute Gasteiger partial charge is 0.337 e. The number of hydrogen-bond acceptors (Lipinski definition) is 4. The second-order valence-corrected chi connectivity index (χ2v) is 5.96. The Kier molecular flexibility index (Phi) is 11.0. The fourth-order valence-electron chi connectivity index (χ4n) is 2.59. The molecule has 0 saturated heterocycles. The van der Waals surface area contributed by atoms with Gasteiger partial charge in [-0.05, 0) is 48.2 Å². The van der Waals surface area contributed by atoms with Crippen LogP contribution in [0, 0.1) is 0 Å². The zero-order valence-electron chi connectivity index (χ0n) is 16.5. The predicted molar refractivity (Wildman–Crippen MR) is 123 cm³/mol. The predicted octanol–water partition coefficient (Wildman–Crippen LogP) is 3.05. The molecular formula is C21H28IN3O3. The van der Waals surface area contributed by atoms with Crippen LogP contribution in [0.5, 0.6) is 5.75 Å². The average Bonchev–Trinajstić information content (AvgIpc) is 2.73. The molecule has 2 rings (SSSR count). The van der Waals surface area contributed by atoms with Gasteiger partial charge in [-0.2, -0.15) is 0 Å². The van der Waals surface area contributed by atoms with Crippen LogP contribution in [0.15, 0.2) is 53.5 Å². The maximum Gasteiger partial charge on any atom is 0.337 e. The number of halogens is 1. The van der Waals surface area contributed by atoms with E-state index in [1.54, 1.807) is 26.3 Å². The molecule has 0 heterocycles. The second kappa shape index (κ2) is 13.0. The lowest BCUT2D eigenvalue weighted by atomic mass is 10.1. The van der Waals surface area contributed by atoms with Gasteiger partial charge in [0.15, 0.2) is 5.96 Å². The minimum absolute atomic E-state index is 0. The van der Waals surface area contributed by atoms with Crippen LogP contribution in [0.3, 0.4) is 0 Å². The molecule has 2 N–H and O–H groups in total. The first kappa shape index (κ1) is 23.7. The van der Waals surface area contributed by atoms with E-state index in [9.17, 15) is 4.79 Å². The number of rotatable bonds is 8. The van der Waals surface area contributed by atoms with Crippen molar-refractivity contribution >= 4 is 35.9 Å². The fourth-order valence-corrected chi connectivity index (χ4v) is 2.59. The quantitative estimate of drug-likeness (QED) is 0.254. The SMILES string of the molecule is CN=C(NCCc1ccc(OC)cc1)NCCc1ccc(C(=O)OC)cc1.I. The van der Waals surface area contributed by atoms with Gasteiger partial charge in [0.25, 0.3) is 0 Å². The van der Waals surface area contributed by atoms with E-state index in [0.29, 0.717) is 5.56 Å². The number of carbonyl (C=O) groups excluding carboxylic acids is 1. The van der Waals surface area contributed by atoms with Crippen molar-refractivity contribution in [3.63, 3.8) is 0 Å². The highest BCUT2D eigenvalue weighted by Crippen LogP contribution is 2.11. The van der Waals surface area contributed by atoms with Gasteiger partial charge in [0.1, 0.15) is 5.75 Å². The summed E-state index contributed by atoms with van der Waals surface area (Å²) in [4.78, 5) is 15.7. The molecule has 0 aliphatic rings. The van der Waals surface area contributed by atoms with E-state index in [0.717, 1.165) is 43.2 Å². The maximum absolute atomic E-state index is 11.4. The molecule has 0 aliphatic heterocycles. The Morgan fingerprint density at radius 3 is 1.82 bits per heavy atom. The monoisotopic (exact) mass is 497 g/mol. The first-order chi connectivity index (χ1) is 13.2. The number of hydrogen-bond donors (Lipinski definition) is 2. The molecule has 0 unspecified atom stereocenters. The minimum Gasteiger partial charge on any atom is -0.497 e. The normalized spacial score (nSPS) is 10.6. The number of carbonyl (C=O) groups is 1. The maximum atomic E-state index is 11.4. The molecule has 152 valence electrons. The molecule has 7 heteroatoms. The summed E-state index contributed by atoms with van der Waals surface area (Å²) in [5, 5.41) is 6.61. The number of aliphatic imine (C=N–C) groups is 1. The Bertz CT molecular complexity index is 746. The molecule has 2 aromatic carbocycles. The number of nitrogens with one attached hydrogen (secondary N) is 2. The van der Waals surface area contributed by atoms with Crippen molar-refractivity contribution in [3.05, 3.63) is 65.2 Å². The Morgan fingerprint density at radius 1 is 0.893 bits per heavy atom. The van der Waals surface area contributed by atoms with Crippen molar-refractivity contribution in [2.24, 2.45) is 4.99 Å². The van der Waals surface area contributed by atoms with Crippen molar-refractivity contribution in [2.45, 2.75) is 12.8 Å². The van der Waals surface area contributed by atoms with Gasteiger partial charge in [-0.15, -0.1) is 24.0 Å². The van der Waals surface area contributed by atoms with Gasteiger partial charge in [0.2, 0.25) is 0 Å². The highest BCUT2D eigenvalue weighted by atomic mass is 127. The average molecular weight is 497 g/mol. The Labute approximate surface area is 183 Å². The molecule has 0 radical (unpaired) electrons. The first-order valence-corrected chi connectivity index (χ1v) is 8.91. The summed E-state index contributed by atoms with van der Waals surface area (Å²) in [6.07, 6.45) is 1.74. The van der Waals surface area contributed by atoms with Crippen molar-refractivity contribution in [1.29, 1.82) is 0 Å².